The molecule has 1 aliphatic rings. The molecule has 118 valence electrons. The lowest BCUT2D eigenvalue weighted by molar-refractivity contribution is 0.298. The predicted molar refractivity (Wildman–Crippen MR) is 95.4 cm³/mol. The van der Waals surface area contributed by atoms with Crippen molar-refractivity contribution in [1.29, 1.82) is 0 Å². The van der Waals surface area contributed by atoms with E-state index in [1.165, 1.54) is 22.5 Å². The molecule has 0 aliphatic carbocycles. The summed E-state index contributed by atoms with van der Waals surface area (Å²) in [5.41, 5.74) is 8.43. The Kier molecular flexibility index (Phi) is 6.36. The van der Waals surface area contributed by atoms with Crippen molar-refractivity contribution in [3.8, 4) is 0 Å². The number of nitrogens with two attached hydrogens (primary N) is 1. The minimum atomic E-state index is 0. The van der Waals surface area contributed by atoms with E-state index in [2.05, 4.69) is 51.5 Å². The van der Waals surface area contributed by atoms with Gasteiger partial charge < -0.3 is 5.73 Å². The minimum absolute atomic E-state index is 0. The fourth-order valence-electron chi connectivity index (χ4n) is 2.65. The molecular weight excluding hydrogens is 316 g/mol. The highest BCUT2D eigenvalue weighted by Crippen LogP contribution is 2.22. The number of nitrogen functional groups attached to an aromatic ring is 1. The van der Waals surface area contributed by atoms with Gasteiger partial charge in [0.1, 0.15) is 5.01 Å². The van der Waals surface area contributed by atoms with E-state index in [0.717, 1.165) is 43.9 Å². The number of aryl methyl sites for hydroxylation is 1. The van der Waals surface area contributed by atoms with Gasteiger partial charge in [0.25, 0.3) is 0 Å². The number of anilines is 1. The minimum Gasteiger partial charge on any atom is -0.374 e. The Morgan fingerprint density at radius 1 is 1.18 bits per heavy atom. The van der Waals surface area contributed by atoms with Gasteiger partial charge >= 0.3 is 0 Å². The van der Waals surface area contributed by atoms with Crippen LogP contribution >= 0.6 is 23.7 Å². The van der Waals surface area contributed by atoms with Crippen LogP contribution in [0, 0.1) is 0 Å². The van der Waals surface area contributed by atoms with Crippen LogP contribution in [0.1, 0.15) is 23.4 Å². The van der Waals surface area contributed by atoms with Crippen LogP contribution in [0.2, 0.25) is 0 Å². The topological polar surface area (TPSA) is 55.0 Å². The van der Waals surface area contributed by atoms with Crippen molar-refractivity contribution in [2.75, 3.05) is 25.4 Å². The summed E-state index contributed by atoms with van der Waals surface area (Å²) >= 11 is 1.50. The first-order valence-corrected chi connectivity index (χ1v) is 8.17. The first kappa shape index (κ1) is 16.9. The highest BCUT2D eigenvalue weighted by molar-refractivity contribution is 7.15. The predicted octanol–water partition coefficient (Wildman–Crippen LogP) is 3.26. The quantitative estimate of drug-likeness (QED) is 0.910. The number of aromatic nitrogens is 2. The summed E-state index contributed by atoms with van der Waals surface area (Å²) in [7, 11) is 0. The van der Waals surface area contributed by atoms with Crippen LogP contribution in [0.3, 0.4) is 0 Å². The molecule has 4 nitrogen and oxygen atoms in total. The van der Waals surface area contributed by atoms with E-state index in [9.17, 15) is 0 Å². The van der Waals surface area contributed by atoms with Gasteiger partial charge in [-0.05, 0) is 30.5 Å². The van der Waals surface area contributed by atoms with Crippen LogP contribution in [-0.2, 0) is 6.42 Å². The lowest BCUT2D eigenvalue weighted by atomic mass is 9.99. The number of hydrogen-bond donors (Lipinski definition) is 1. The van der Waals surface area contributed by atoms with Crippen LogP contribution in [0.15, 0.2) is 36.4 Å². The van der Waals surface area contributed by atoms with Gasteiger partial charge in [-0.1, -0.05) is 47.7 Å². The molecule has 0 fully saturated rings. The number of hydrogen-bond acceptors (Lipinski definition) is 5. The fraction of sp³-hybridized carbons (Fsp3) is 0.375. The molecule has 6 heteroatoms. The highest BCUT2D eigenvalue weighted by atomic mass is 35.5. The molecule has 0 spiro atoms. The molecule has 0 radical (unpaired) electrons. The zero-order chi connectivity index (χ0) is 14.5. The van der Waals surface area contributed by atoms with Gasteiger partial charge in [0.05, 0.1) is 0 Å². The van der Waals surface area contributed by atoms with Crippen molar-refractivity contribution in [2.24, 2.45) is 0 Å². The Morgan fingerprint density at radius 2 is 2.00 bits per heavy atom. The molecule has 0 saturated carbocycles. The Morgan fingerprint density at radius 3 is 2.64 bits per heavy atom. The van der Waals surface area contributed by atoms with Crippen LogP contribution in [0.5, 0.6) is 0 Å². The average Bonchev–Trinajstić information content (AvgIpc) is 2.94. The third-order valence-electron chi connectivity index (χ3n) is 3.79. The van der Waals surface area contributed by atoms with Crippen molar-refractivity contribution in [3.63, 3.8) is 0 Å². The standard InChI is InChI=1S/C16H20N4S.ClH/c17-16-19-18-15(21-16)7-4-10-20-11-8-14(9-12-20)13-5-2-1-3-6-13;/h1-3,5-6,8H,4,7,9-12H2,(H2,17,19);1H. The maximum atomic E-state index is 5.59. The van der Waals surface area contributed by atoms with Crippen LogP contribution < -0.4 is 5.73 Å². The Bertz CT molecular complexity index is 612. The molecule has 2 N–H and O–H groups in total. The van der Waals surface area contributed by atoms with Crippen molar-refractivity contribution >= 4 is 34.4 Å². The smallest absolute Gasteiger partial charge is 0.203 e. The molecule has 0 saturated heterocycles. The van der Waals surface area contributed by atoms with Gasteiger partial charge in [0.15, 0.2) is 0 Å². The summed E-state index contributed by atoms with van der Waals surface area (Å²) in [6.45, 7) is 3.29. The van der Waals surface area contributed by atoms with Gasteiger partial charge in [0.2, 0.25) is 5.13 Å². The summed E-state index contributed by atoms with van der Waals surface area (Å²) in [5.74, 6) is 0. The number of rotatable bonds is 5. The third kappa shape index (κ3) is 4.53. The molecule has 22 heavy (non-hydrogen) atoms. The second kappa shape index (κ2) is 8.27. The molecule has 1 aromatic carbocycles. The average molecular weight is 337 g/mol. The Balaban J connectivity index is 0.00000176. The molecule has 2 heterocycles. The normalized spacial score (nSPS) is 15.2. The van der Waals surface area contributed by atoms with Crippen molar-refractivity contribution in [2.45, 2.75) is 19.3 Å². The number of halogens is 1. The molecule has 1 aliphatic heterocycles. The van der Waals surface area contributed by atoms with Crippen LogP contribution in [0.4, 0.5) is 5.13 Å². The lowest BCUT2D eigenvalue weighted by Gasteiger charge is -2.26. The summed E-state index contributed by atoms with van der Waals surface area (Å²) in [6, 6.07) is 10.7. The number of nitrogens with zero attached hydrogens (tertiary/aromatic N) is 3. The Hall–Kier alpha value is -1.43. The summed E-state index contributed by atoms with van der Waals surface area (Å²) < 4.78 is 0. The second-order valence-corrected chi connectivity index (χ2v) is 6.38. The van der Waals surface area contributed by atoms with Crippen LogP contribution in [0.25, 0.3) is 5.57 Å². The molecule has 3 rings (SSSR count). The first-order valence-electron chi connectivity index (χ1n) is 7.36. The maximum Gasteiger partial charge on any atom is 0.203 e. The monoisotopic (exact) mass is 336 g/mol. The van der Waals surface area contributed by atoms with Gasteiger partial charge in [-0.25, -0.2) is 0 Å². The van der Waals surface area contributed by atoms with Crippen LogP contribution in [-0.4, -0.2) is 34.7 Å². The van der Waals surface area contributed by atoms with E-state index in [0.29, 0.717) is 5.13 Å². The first-order chi connectivity index (χ1) is 10.3. The molecule has 2 aromatic rings. The van der Waals surface area contributed by atoms with E-state index in [1.807, 2.05) is 0 Å². The second-order valence-electron chi connectivity index (χ2n) is 5.28. The highest BCUT2D eigenvalue weighted by Gasteiger charge is 2.12. The van der Waals surface area contributed by atoms with Crippen molar-refractivity contribution in [1.82, 2.24) is 15.1 Å². The van der Waals surface area contributed by atoms with E-state index >= 15 is 0 Å². The molecule has 1 aromatic heterocycles. The van der Waals surface area contributed by atoms with Crippen molar-refractivity contribution < 1.29 is 0 Å². The largest absolute Gasteiger partial charge is 0.374 e. The van der Waals surface area contributed by atoms with E-state index in [4.69, 9.17) is 5.73 Å². The maximum absolute atomic E-state index is 5.59. The summed E-state index contributed by atoms with van der Waals surface area (Å²) in [4.78, 5) is 2.50. The van der Waals surface area contributed by atoms with Crippen molar-refractivity contribution in [3.05, 3.63) is 47.0 Å². The Labute approximate surface area is 141 Å². The number of benzene rings is 1. The summed E-state index contributed by atoms with van der Waals surface area (Å²) in [6.07, 6.45) is 5.58. The molecule has 0 bridgehead atoms. The van der Waals surface area contributed by atoms with E-state index in [-0.39, 0.29) is 12.4 Å². The van der Waals surface area contributed by atoms with E-state index < -0.39 is 0 Å². The third-order valence-corrected chi connectivity index (χ3v) is 4.60. The SMILES string of the molecule is Cl.Nc1nnc(CCCN2CC=C(c3ccccc3)CC2)s1. The van der Waals surface area contributed by atoms with Gasteiger partial charge in [-0.2, -0.15) is 0 Å². The van der Waals surface area contributed by atoms with Gasteiger partial charge in [-0.3, -0.25) is 4.90 Å². The molecule has 0 unspecified atom stereocenters. The molecule has 0 amide bonds. The van der Waals surface area contributed by atoms with E-state index in [1.54, 1.807) is 0 Å². The zero-order valence-electron chi connectivity index (χ0n) is 12.4. The fourth-order valence-corrected chi connectivity index (χ4v) is 3.30. The lowest BCUT2D eigenvalue weighted by Crippen LogP contribution is -2.29. The van der Waals surface area contributed by atoms with Gasteiger partial charge in [0, 0.05) is 19.5 Å². The molecule has 0 atom stereocenters. The molecular formula is C16H21ClN4S. The van der Waals surface area contributed by atoms with Gasteiger partial charge in [-0.15, -0.1) is 22.6 Å². The summed E-state index contributed by atoms with van der Waals surface area (Å²) in [5, 5.41) is 9.53. The zero-order valence-corrected chi connectivity index (χ0v) is 14.1.